The van der Waals surface area contributed by atoms with E-state index in [1.165, 1.54) is 13.2 Å². The Morgan fingerprint density at radius 2 is 1.96 bits per heavy atom. The van der Waals surface area contributed by atoms with Crippen LogP contribution in [-0.4, -0.2) is 39.3 Å². The summed E-state index contributed by atoms with van der Waals surface area (Å²) in [5, 5.41) is 16.3. The number of methoxy groups -OCH3 is 1. The van der Waals surface area contributed by atoms with Crippen molar-refractivity contribution in [2.24, 2.45) is 0 Å². The van der Waals surface area contributed by atoms with E-state index in [4.69, 9.17) is 4.42 Å². The van der Waals surface area contributed by atoms with Crippen LogP contribution in [0.2, 0.25) is 0 Å². The summed E-state index contributed by atoms with van der Waals surface area (Å²) in [7, 11) is 1.32. The SMILES string of the molecule is COC(=O)c1ccc(-c2ccc(C=C(Sc3n[nH]c(C)n3)C(=O)O)o2)cc1. The van der Waals surface area contributed by atoms with Crippen molar-refractivity contribution in [2.75, 3.05) is 7.11 Å². The van der Waals surface area contributed by atoms with Gasteiger partial charge < -0.3 is 14.3 Å². The van der Waals surface area contributed by atoms with Gasteiger partial charge in [0.05, 0.1) is 12.7 Å². The van der Waals surface area contributed by atoms with Crippen molar-refractivity contribution in [3.05, 3.63) is 58.5 Å². The van der Waals surface area contributed by atoms with Gasteiger partial charge in [-0.15, -0.1) is 5.10 Å². The molecular weight excluding hydrogens is 370 g/mol. The van der Waals surface area contributed by atoms with Crippen LogP contribution in [0.3, 0.4) is 0 Å². The van der Waals surface area contributed by atoms with Crippen molar-refractivity contribution in [1.29, 1.82) is 0 Å². The molecule has 0 saturated carbocycles. The highest BCUT2D eigenvalue weighted by atomic mass is 32.2. The quantitative estimate of drug-likeness (QED) is 0.377. The number of carboxylic acids is 1. The molecule has 27 heavy (non-hydrogen) atoms. The number of hydrogen-bond donors (Lipinski definition) is 2. The Kier molecular flexibility index (Phi) is 5.41. The molecule has 0 aliphatic heterocycles. The molecule has 3 aromatic rings. The number of aliphatic carboxylic acids is 1. The van der Waals surface area contributed by atoms with Gasteiger partial charge in [0.1, 0.15) is 22.3 Å². The summed E-state index contributed by atoms with van der Waals surface area (Å²) in [6, 6.07) is 10.1. The Labute approximate surface area is 158 Å². The smallest absolute Gasteiger partial charge is 0.342 e. The fraction of sp³-hybridized carbons (Fsp3) is 0.111. The number of H-pyrrole nitrogens is 1. The van der Waals surface area contributed by atoms with Gasteiger partial charge in [0.25, 0.3) is 0 Å². The first kappa shape index (κ1) is 18.5. The number of furan rings is 1. The first-order valence-electron chi connectivity index (χ1n) is 7.76. The molecule has 0 aliphatic rings. The minimum atomic E-state index is -1.11. The van der Waals surface area contributed by atoms with Crippen LogP contribution >= 0.6 is 11.8 Å². The fourth-order valence-electron chi connectivity index (χ4n) is 2.20. The Morgan fingerprint density at radius 1 is 1.22 bits per heavy atom. The number of hydrogen-bond acceptors (Lipinski definition) is 7. The van der Waals surface area contributed by atoms with Crippen molar-refractivity contribution in [3.63, 3.8) is 0 Å². The second-order valence-electron chi connectivity index (χ2n) is 5.39. The van der Waals surface area contributed by atoms with Gasteiger partial charge in [-0.25, -0.2) is 14.6 Å². The number of benzene rings is 1. The van der Waals surface area contributed by atoms with Gasteiger partial charge in [-0.1, -0.05) is 12.1 Å². The molecule has 9 heteroatoms. The number of aryl methyl sites for hydroxylation is 1. The number of carbonyl (C=O) groups is 2. The Morgan fingerprint density at radius 3 is 2.56 bits per heavy atom. The third-order valence-electron chi connectivity index (χ3n) is 3.48. The zero-order valence-electron chi connectivity index (χ0n) is 14.4. The highest BCUT2D eigenvalue weighted by molar-refractivity contribution is 8.04. The van der Waals surface area contributed by atoms with E-state index < -0.39 is 11.9 Å². The molecule has 0 bridgehead atoms. The molecule has 1 aromatic carbocycles. The number of rotatable bonds is 6. The van der Waals surface area contributed by atoms with E-state index in [0.717, 1.165) is 17.3 Å². The van der Waals surface area contributed by atoms with E-state index in [9.17, 15) is 14.7 Å². The number of nitrogens with one attached hydrogen (secondary N) is 1. The molecule has 2 N–H and O–H groups in total. The minimum absolute atomic E-state index is 0.0240. The zero-order chi connectivity index (χ0) is 19.4. The maximum atomic E-state index is 11.5. The molecule has 2 aromatic heterocycles. The summed E-state index contributed by atoms with van der Waals surface area (Å²) in [5.41, 5.74) is 1.18. The maximum Gasteiger partial charge on any atom is 0.342 e. The van der Waals surface area contributed by atoms with Gasteiger partial charge in [0.15, 0.2) is 0 Å². The van der Waals surface area contributed by atoms with Crippen LogP contribution in [0.4, 0.5) is 0 Å². The molecule has 0 radical (unpaired) electrons. The van der Waals surface area contributed by atoms with E-state index in [0.29, 0.717) is 28.1 Å². The number of ether oxygens (including phenoxy) is 1. The summed E-state index contributed by atoms with van der Waals surface area (Å²) in [6.07, 6.45) is 1.41. The lowest BCUT2D eigenvalue weighted by Gasteiger charge is -2.01. The summed E-state index contributed by atoms with van der Waals surface area (Å²) < 4.78 is 10.4. The van der Waals surface area contributed by atoms with Crippen LogP contribution in [-0.2, 0) is 9.53 Å². The molecule has 2 heterocycles. The monoisotopic (exact) mass is 385 g/mol. The van der Waals surface area contributed by atoms with Crippen LogP contribution in [0.15, 0.2) is 50.9 Å². The number of carboxylic acid groups (broad SMARTS) is 1. The van der Waals surface area contributed by atoms with E-state index in [2.05, 4.69) is 19.9 Å². The van der Waals surface area contributed by atoms with Gasteiger partial charge in [-0.2, -0.15) is 0 Å². The molecule has 0 fully saturated rings. The predicted molar refractivity (Wildman–Crippen MR) is 98.1 cm³/mol. The third kappa shape index (κ3) is 4.45. The number of esters is 1. The fourth-order valence-corrected chi connectivity index (χ4v) is 2.94. The summed E-state index contributed by atoms with van der Waals surface area (Å²) in [5.74, 6) is -0.0175. The third-order valence-corrected chi connectivity index (χ3v) is 4.36. The largest absolute Gasteiger partial charge is 0.477 e. The average molecular weight is 385 g/mol. The molecule has 3 rings (SSSR count). The second-order valence-corrected chi connectivity index (χ2v) is 6.40. The highest BCUT2D eigenvalue weighted by Gasteiger charge is 2.14. The van der Waals surface area contributed by atoms with Gasteiger partial charge in [0, 0.05) is 11.6 Å². The standard InChI is InChI=1S/C18H15N3O5S/c1-10-19-18(21-20-10)27-15(16(22)23)9-13-7-8-14(26-13)11-3-5-12(6-4-11)17(24)25-2/h3-9H,1-2H3,(H,22,23)(H,19,20,21). The maximum absolute atomic E-state index is 11.5. The van der Waals surface area contributed by atoms with E-state index in [1.807, 2.05) is 0 Å². The lowest BCUT2D eigenvalue weighted by atomic mass is 10.1. The minimum Gasteiger partial charge on any atom is -0.477 e. The molecule has 0 saturated heterocycles. The topological polar surface area (TPSA) is 118 Å². The van der Waals surface area contributed by atoms with E-state index in [1.54, 1.807) is 43.3 Å². The summed E-state index contributed by atoms with van der Waals surface area (Å²) >= 11 is 0.922. The van der Waals surface area contributed by atoms with Gasteiger partial charge >= 0.3 is 11.9 Å². The molecule has 8 nitrogen and oxygen atoms in total. The molecule has 0 atom stereocenters. The number of aromatic nitrogens is 3. The van der Waals surface area contributed by atoms with Gasteiger partial charge in [-0.3, -0.25) is 5.10 Å². The first-order valence-corrected chi connectivity index (χ1v) is 8.58. The Hall–Kier alpha value is -3.33. The summed E-state index contributed by atoms with van der Waals surface area (Å²) in [4.78, 5) is 27.1. The normalized spacial score (nSPS) is 11.4. The van der Waals surface area contributed by atoms with Crippen molar-refractivity contribution in [1.82, 2.24) is 15.2 Å². The number of aromatic amines is 1. The summed E-state index contributed by atoms with van der Waals surface area (Å²) in [6.45, 7) is 1.73. The Bertz CT molecular complexity index is 1000. The zero-order valence-corrected chi connectivity index (χ0v) is 15.2. The van der Waals surface area contributed by atoms with Gasteiger partial charge in [0.2, 0.25) is 5.16 Å². The highest BCUT2D eigenvalue weighted by Crippen LogP contribution is 2.28. The van der Waals surface area contributed by atoms with Crippen molar-refractivity contribution in [3.8, 4) is 11.3 Å². The van der Waals surface area contributed by atoms with Crippen molar-refractivity contribution in [2.45, 2.75) is 12.1 Å². The van der Waals surface area contributed by atoms with Crippen LogP contribution < -0.4 is 0 Å². The number of thioether (sulfide) groups is 1. The lowest BCUT2D eigenvalue weighted by Crippen LogP contribution is -2.00. The molecule has 0 unspecified atom stereocenters. The van der Waals surface area contributed by atoms with E-state index >= 15 is 0 Å². The predicted octanol–water partition coefficient (Wildman–Crippen LogP) is 3.38. The first-order chi connectivity index (χ1) is 13.0. The van der Waals surface area contributed by atoms with E-state index in [-0.39, 0.29) is 4.91 Å². The van der Waals surface area contributed by atoms with Crippen LogP contribution in [0, 0.1) is 6.92 Å². The lowest BCUT2D eigenvalue weighted by molar-refractivity contribution is -0.131. The van der Waals surface area contributed by atoms with Crippen LogP contribution in [0.25, 0.3) is 17.4 Å². The number of carbonyl (C=O) groups excluding carboxylic acids is 1. The van der Waals surface area contributed by atoms with Crippen molar-refractivity contribution < 1.29 is 23.8 Å². The molecule has 0 aliphatic carbocycles. The van der Waals surface area contributed by atoms with Crippen LogP contribution in [0.5, 0.6) is 0 Å². The molecule has 138 valence electrons. The molecular formula is C18H15N3O5S. The molecule has 0 amide bonds. The average Bonchev–Trinajstić information content (AvgIpc) is 3.29. The second kappa shape index (κ2) is 7.92. The number of nitrogens with zero attached hydrogens (tertiary/aromatic N) is 2. The van der Waals surface area contributed by atoms with Gasteiger partial charge in [-0.05, 0) is 43.0 Å². The Balaban J connectivity index is 1.81. The molecule has 0 spiro atoms. The van der Waals surface area contributed by atoms with Crippen molar-refractivity contribution >= 4 is 29.8 Å². The van der Waals surface area contributed by atoms with Crippen LogP contribution in [0.1, 0.15) is 21.9 Å².